The number of rotatable bonds is 3. The summed E-state index contributed by atoms with van der Waals surface area (Å²) in [5.41, 5.74) is 1.59. The lowest BCUT2D eigenvalue weighted by molar-refractivity contribution is -0.119. The van der Waals surface area contributed by atoms with Gasteiger partial charge < -0.3 is 15.2 Å². The van der Waals surface area contributed by atoms with Crippen molar-refractivity contribution < 1.29 is 14.6 Å². The van der Waals surface area contributed by atoms with E-state index in [0.29, 0.717) is 6.61 Å². The Morgan fingerprint density at radius 3 is 2.71 bits per heavy atom. The molecule has 0 spiro atoms. The molecule has 2 unspecified atom stereocenters. The first kappa shape index (κ1) is 12.1. The van der Waals surface area contributed by atoms with Crippen LogP contribution < -0.4 is 5.32 Å². The minimum Gasteiger partial charge on any atom is -0.392 e. The standard InChI is InChI=1S/C13H17NO3/c1-9-6-11(8-17-9)13(16)14-12-4-2-10(7-15)3-5-12/h2-5,9,11,15H,6-8H2,1H3,(H,14,16). The average Bonchev–Trinajstić information content (AvgIpc) is 2.77. The normalized spacial score (nSPS) is 23.6. The van der Waals surface area contributed by atoms with E-state index in [1.807, 2.05) is 6.92 Å². The molecule has 1 aliphatic rings. The Labute approximate surface area is 101 Å². The summed E-state index contributed by atoms with van der Waals surface area (Å²) in [6.07, 6.45) is 0.947. The van der Waals surface area contributed by atoms with Crippen molar-refractivity contribution in [3.8, 4) is 0 Å². The zero-order valence-corrected chi connectivity index (χ0v) is 9.85. The van der Waals surface area contributed by atoms with Gasteiger partial charge in [0.15, 0.2) is 0 Å². The molecule has 0 radical (unpaired) electrons. The van der Waals surface area contributed by atoms with Crippen LogP contribution in [0.25, 0.3) is 0 Å². The van der Waals surface area contributed by atoms with Crippen LogP contribution in [0.5, 0.6) is 0 Å². The lowest BCUT2D eigenvalue weighted by atomic mass is 10.1. The number of hydrogen-bond acceptors (Lipinski definition) is 3. The maximum Gasteiger partial charge on any atom is 0.229 e. The van der Waals surface area contributed by atoms with Crippen LogP contribution in [0, 0.1) is 5.92 Å². The number of ether oxygens (including phenoxy) is 1. The van der Waals surface area contributed by atoms with E-state index < -0.39 is 0 Å². The molecule has 92 valence electrons. The molecule has 2 rings (SSSR count). The average molecular weight is 235 g/mol. The molecule has 1 aliphatic heterocycles. The number of nitrogens with one attached hydrogen (secondary N) is 1. The van der Waals surface area contributed by atoms with Gasteiger partial charge in [0.1, 0.15) is 0 Å². The third-order valence-corrected chi connectivity index (χ3v) is 2.97. The Morgan fingerprint density at radius 2 is 2.18 bits per heavy atom. The smallest absolute Gasteiger partial charge is 0.229 e. The fourth-order valence-electron chi connectivity index (χ4n) is 1.94. The summed E-state index contributed by atoms with van der Waals surface area (Å²) in [6.45, 7) is 2.49. The van der Waals surface area contributed by atoms with Crippen molar-refractivity contribution in [2.45, 2.75) is 26.1 Å². The van der Waals surface area contributed by atoms with Gasteiger partial charge >= 0.3 is 0 Å². The summed E-state index contributed by atoms with van der Waals surface area (Å²) in [4.78, 5) is 11.9. The van der Waals surface area contributed by atoms with Gasteiger partial charge in [0.05, 0.1) is 25.2 Å². The van der Waals surface area contributed by atoms with E-state index in [9.17, 15) is 4.79 Å². The van der Waals surface area contributed by atoms with Gasteiger partial charge in [-0.1, -0.05) is 12.1 Å². The highest BCUT2D eigenvalue weighted by Crippen LogP contribution is 2.21. The first-order valence-corrected chi connectivity index (χ1v) is 5.81. The van der Waals surface area contributed by atoms with Crippen molar-refractivity contribution in [1.29, 1.82) is 0 Å². The number of aliphatic hydroxyl groups excluding tert-OH is 1. The molecule has 4 heteroatoms. The van der Waals surface area contributed by atoms with Crippen LogP contribution in [0.1, 0.15) is 18.9 Å². The third-order valence-electron chi connectivity index (χ3n) is 2.97. The summed E-state index contributed by atoms with van der Waals surface area (Å²) in [5.74, 6) is -0.0476. The van der Waals surface area contributed by atoms with Gasteiger partial charge in [-0.15, -0.1) is 0 Å². The van der Waals surface area contributed by atoms with Gasteiger partial charge in [0, 0.05) is 5.69 Å². The summed E-state index contributed by atoms with van der Waals surface area (Å²) in [6, 6.07) is 7.18. The molecule has 0 bridgehead atoms. The Morgan fingerprint density at radius 1 is 1.47 bits per heavy atom. The van der Waals surface area contributed by atoms with E-state index in [2.05, 4.69) is 5.32 Å². The van der Waals surface area contributed by atoms with E-state index in [1.54, 1.807) is 24.3 Å². The molecule has 0 saturated carbocycles. The van der Waals surface area contributed by atoms with Crippen LogP contribution in [0.15, 0.2) is 24.3 Å². The molecule has 17 heavy (non-hydrogen) atoms. The molecule has 1 heterocycles. The SMILES string of the molecule is CC1CC(C(=O)Nc2ccc(CO)cc2)CO1. The van der Waals surface area contributed by atoms with Gasteiger partial charge in [-0.05, 0) is 31.0 Å². The Balaban J connectivity index is 1.93. The van der Waals surface area contributed by atoms with Crippen molar-refractivity contribution in [1.82, 2.24) is 0 Å². The van der Waals surface area contributed by atoms with Crippen LogP contribution in [-0.2, 0) is 16.1 Å². The highest BCUT2D eigenvalue weighted by molar-refractivity contribution is 5.92. The Bertz CT molecular complexity index is 388. The summed E-state index contributed by atoms with van der Waals surface area (Å²) in [7, 11) is 0. The number of carbonyl (C=O) groups is 1. The highest BCUT2D eigenvalue weighted by atomic mass is 16.5. The molecule has 1 fully saturated rings. The van der Waals surface area contributed by atoms with Gasteiger partial charge in [0.2, 0.25) is 5.91 Å². The summed E-state index contributed by atoms with van der Waals surface area (Å²) in [5, 5.41) is 11.8. The van der Waals surface area contributed by atoms with Crippen LogP contribution in [0.4, 0.5) is 5.69 Å². The maximum absolute atomic E-state index is 11.9. The molecule has 1 saturated heterocycles. The van der Waals surface area contributed by atoms with Crippen molar-refractivity contribution in [2.75, 3.05) is 11.9 Å². The van der Waals surface area contributed by atoms with Gasteiger partial charge in [-0.25, -0.2) is 0 Å². The van der Waals surface area contributed by atoms with Crippen LogP contribution >= 0.6 is 0 Å². The Hall–Kier alpha value is -1.39. The number of hydrogen-bond donors (Lipinski definition) is 2. The zero-order chi connectivity index (χ0) is 12.3. The monoisotopic (exact) mass is 235 g/mol. The van der Waals surface area contributed by atoms with E-state index in [1.165, 1.54) is 0 Å². The van der Waals surface area contributed by atoms with Crippen LogP contribution in [0.3, 0.4) is 0 Å². The highest BCUT2D eigenvalue weighted by Gasteiger charge is 2.28. The van der Waals surface area contributed by atoms with Gasteiger partial charge in [-0.3, -0.25) is 4.79 Å². The molecular formula is C13H17NO3. The fraction of sp³-hybridized carbons (Fsp3) is 0.462. The lowest BCUT2D eigenvalue weighted by Crippen LogP contribution is -2.22. The van der Waals surface area contributed by atoms with Gasteiger partial charge in [-0.2, -0.15) is 0 Å². The van der Waals surface area contributed by atoms with Crippen molar-refractivity contribution >= 4 is 11.6 Å². The number of amides is 1. The predicted molar refractivity (Wildman–Crippen MR) is 64.5 cm³/mol. The molecule has 1 amide bonds. The molecule has 1 aromatic carbocycles. The topological polar surface area (TPSA) is 58.6 Å². The minimum absolute atomic E-state index is 0.00565. The Kier molecular flexibility index (Phi) is 3.76. The summed E-state index contributed by atoms with van der Waals surface area (Å²) < 4.78 is 5.37. The predicted octanol–water partition coefficient (Wildman–Crippen LogP) is 1.54. The molecule has 4 nitrogen and oxygen atoms in total. The second-order valence-corrected chi connectivity index (χ2v) is 4.42. The second-order valence-electron chi connectivity index (χ2n) is 4.42. The zero-order valence-electron chi connectivity index (χ0n) is 9.85. The second kappa shape index (κ2) is 5.29. The first-order valence-electron chi connectivity index (χ1n) is 5.81. The molecule has 1 aromatic rings. The number of benzene rings is 1. The molecule has 0 aliphatic carbocycles. The van der Waals surface area contributed by atoms with Crippen molar-refractivity contribution in [3.05, 3.63) is 29.8 Å². The van der Waals surface area contributed by atoms with E-state index in [0.717, 1.165) is 17.7 Å². The summed E-state index contributed by atoms with van der Waals surface area (Å²) >= 11 is 0. The maximum atomic E-state index is 11.9. The molecule has 0 aromatic heterocycles. The van der Waals surface area contributed by atoms with Crippen molar-refractivity contribution in [3.63, 3.8) is 0 Å². The number of carbonyl (C=O) groups excluding carboxylic acids is 1. The lowest BCUT2D eigenvalue weighted by Gasteiger charge is -2.09. The minimum atomic E-state index is -0.0532. The first-order chi connectivity index (χ1) is 8.19. The largest absolute Gasteiger partial charge is 0.392 e. The van der Waals surface area contributed by atoms with Crippen molar-refractivity contribution in [2.24, 2.45) is 5.92 Å². The molecular weight excluding hydrogens is 218 g/mol. The van der Waals surface area contributed by atoms with E-state index in [-0.39, 0.29) is 24.5 Å². The van der Waals surface area contributed by atoms with Crippen LogP contribution in [-0.4, -0.2) is 23.7 Å². The molecule has 2 N–H and O–H groups in total. The van der Waals surface area contributed by atoms with E-state index in [4.69, 9.17) is 9.84 Å². The van der Waals surface area contributed by atoms with Crippen LogP contribution in [0.2, 0.25) is 0 Å². The van der Waals surface area contributed by atoms with Gasteiger partial charge in [0.25, 0.3) is 0 Å². The van der Waals surface area contributed by atoms with E-state index >= 15 is 0 Å². The fourth-order valence-corrected chi connectivity index (χ4v) is 1.94. The quantitative estimate of drug-likeness (QED) is 0.835. The number of aliphatic hydroxyl groups is 1. The number of anilines is 1. The molecule has 2 atom stereocenters. The third kappa shape index (κ3) is 3.05.